The second-order valence-corrected chi connectivity index (χ2v) is 5.20. The van der Waals surface area contributed by atoms with Gasteiger partial charge in [-0.3, -0.25) is 0 Å². The molecule has 6 heteroatoms. The summed E-state index contributed by atoms with van der Waals surface area (Å²) in [6, 6.07) is 0. The predicted octanol–water partition coefficient (Wildman–Crippen LogP) is 0.239. The molecule has 4 nitrogen and oxygen atoms in total. The van der Waals surface area contributed by atoms with Crippen LogP contribution in [-0.4, -0.2) is 27.2 Å². The fraction of sp³-hybridized carbons (Fsp3) is 1.00. The molecule has 0 spiro atoms. The van der Waals surface area contributed by atoms with Gasteiger partial charge in [0.2, 0.25) is 0 Å². The highest BCUT2D eigenvalue weighted by molar-refractivity contribution is 8.12. The Kier molecular flexibility index (Phi) is 2.43. The number of ether oxygens (including phenoxy) is 1. The molecule has 0 aliphatic carbocycles. The van der Waals surface area contributed by atoms with E-state index in [1.165, 1.54) is 0 Å². The van der Waals surface area contributed by atoms with Gasteiger partial charge in [0, 0.05) is 17.3 Å². The normalized spacial score (nSPS) is 32.5. The lowest BCUT2D eigenvalue weighted by Crippen LogP contribution is -2.44. The van der Waals surface area contributed by atoms with Crippen molar-refractivity contribution in [2.75, 3.05) is 13.2 Å². The van der Waals surface area contributed by atoms with Crippen molar-refractivity contribution in [3.8, 4) is 0 Å². The number of hydrogen-bond acceptors (Lipinski definition) is 3. The molecule has 0 amide bonds. The van der Waals surface area contributed by atoms with Crippen LogP contribution in [0.15, 0.2) is 0 Å². The first-order valence-electron chi connectivity index (χ1n) is 3.23. The van der Waals surface area contributed by atoms with E-state index in [0.29, 0.717) is 19.6 Å². The number of rotatable bonds is 2. The summed E-state index contributed by atoms with van der Waals surface area (Å²) in [6.45, 7) is 2.73. The Morgan fingerprint density at radius 2 is 2.27 bits per heavy atom. The Labute approximate surface area is 70.4 Å². The molecule has 1 unspecified atom stereocenters. The Morgan fingerprint density at radius 1 is 1.64 bits per heavy atom. The first-order valence-corrected chi connectivity index (χ1v) is 5.54. The first-order chi connectivity index (χ1) is 4.91. The molecular formula is C5H10ClNO3S. The highest BCUT2D eigenvalue weighted by Gasteiger charge is 2.32. The summed E-state index contributed by atoms with van der Waals surface area (Å²) in [5.74, 6) is 0. The first kappa shape index (κ1) is 9.25. The molecule has 1 aliphatic rings. The summed E-state index contributed by atoms with van der Waals surface area (Å²) in [6.07, 6.45) is 0.666. The fourth-order valence-corrected chi connectivity index (χ4v) is 2.35. The topological polar surface area (TPSA) is 55.4 Å². The van der Waals surface area contributed by atoms with Crippen molar-refractivity contribution in [1.29, 1.82) is 0 Å². The highest BCUT2D eigenvalue weighted by Crippen LogP contribution is 2.19. The van der Waals surface area contributed by atoms with E-state index in [2.05, 4.69) is 4.72 Å². The van der Waals surface area contributed by atoms with Crippen LogP contribution in [0.3, 0.4) is 0 Å². The van der Waals surface area contributed by atoms with Crippen LogP contribution in [0.1, 0.15) is 13.3 Å². The molecule has 1 heterocycles. The largest absolute Gasteiger partial charge is 0.379 e. The zero-order chi connectivity index (χ0) is 8.54. The second-order valence-electron chi connectivity index (χ2n) is 2.90. The highest BCUT2D eigenvalue weighted by atomic mass is 35.7. The molecule has 1 rings (SSSR count). The second kappa shape index (κ2) is 2.90. The minimum absolute atomic E-state index is 0.388. The Hall–Kier alpha value is 0.160. The van der Waals surface area contributed by atoms with Crippen LogP contribution in [0, 0.1) is 0 Å². The summed E-state index contributed by atoms with van der Waals surface area (Å²) in [5, 5.41) is 0. The van der Waals surface area contributed by atoms with Crippen molar-refractivity contribution >= 4 is 19.9 Å². The molecular weight excluding hydrogens is 190 g/mol. The molecule has 1 atom stereocenters. The lowest BCUT2D eigenvalue weighted by atomic mass is 10.0. The molecule has 66 valence electrons. The van der Waals surface area contributed by atoms with Crippen LogP contribution >= 0.6 is 10.7 Å². The van der Waals surface area contributed by atoms with Crippen LogP contribution < -0.4 is 4.72 Å². The van der Waals surface area contributed by atoms with Gasteiger partial charge in [-0.05, 0) is 13.3 Å². The monoisotopic (exact) mass is 199 g/mol. The molecule has 0 saturated carbocycles. The zero-order valence-corrected chi connectivity index (χ0v) is 7.70. The minimum Gasteiger partial charge on any atom is -0.379 e. The quantitative estimate of drug-likeness (QED) is 0.649. The summed E-state index contributed by atoms with van der Waals surface area (Å²) in [7, 11) is 1.38. The Morgan fingerprint density at radius 3 is 2.64 bits per heavy atom. The van der Waals surface area contributed by atoms with Gasteiger partial charge < -0.3 is 4.74 Å². The van der Waals surface area contributed by atoms with Crippen molar-refractivity contribution in [1.82, 2.24) is 4.72 Å². The van der Waals surface area contributed by atoms with Crippen molar-refractivity contribution in [2.45, 2.75) is 18.9 Å². The number of hydrogen-bond donors (Lipinski definition) is 1. The van der Waals surface area contributed by atoms with Crippen LogP contribution in [-0.2, 0) is 14.0 Å². The van der Waals surface area contributed by atoms with Crippen LogP contribution in [0.25, 0.3) is 0 Å². The smallest absolute Gasteiger partial charge is 0.297 e. The van der Waals surface area contributed by atoms with E-state index in [9.17, 15) is 8.42 Å². The average molecular weight is 200 g/mol. The van der Waals surface area contributed by atoms with E-state index >= 15 is 0 Å². The summed E-state index contributed by atoms with van der Waals surface area (Å²) < 4.78 is 28.5. The van der Waals surface area contributed by atoms with Crippen LogP contribution in [0.2, 0.25) is 0 Å². The molecule has 1 fully saturated rings. The van der Waals surface area contributed by atoms with E-state index in [4.69, 9.17) is 15.4 Å². The standard InChI is InChI=1S/C5H10ClNO3S/c1-5(2-3-10-4-5)7-11(6,8)9/h7H,2-4H2,1H3. The van der Waals surface area contributed by atoms with Gasteiger partial charge >= 0.3 is 0 Å². The third-order valence-corrected chi connectivity index (χ3v) is 2.56. The maximum absolute atomic E-state index is 10.6. The van der Waals surface area contributed by atoms with Crippen molar-refractivity contribution in [3.63, 3.8) is 0 Å². The van der Waals surface area contributed by atoms with Crippen molar-refractivity contribution in [3.05, 3.63) is 0 Å². The van der Waals surface area contributed by atoms with Gasteiger partial charge in [0.05, 0.1) is 12.1 Å². The lowest BCUT2D eigenvalue weighted by molar-refractivity contribution is 0.178. The van der Waals surface area contributed by atoms with Gasteiger partial charge in [-0.15, -0.1) is 0 Å². The van der Waals surface area contributed by atoms with Gasteiger partial charge in [0.25, 0.3) is 9.24 Å². The number of halogens is 1. The third-order valence-electron chi connectivity index (χ3n) is 1.59. The molecule has 1 aliphatic heterocycles. The summed E-state index contributed by atoms with van der Waals surface area (Å²) in [4.78, 5) is 0. The zero-order valence-electron chi connectivity index (χ0n) is 6.13. The SMILES string of the molecule is CC1(NS(=O)(=O)Cl)CCOC1. The third kappa shape index (κ3) is 2.94. The molecule has 1 saturated heterocycles. The van der Waals surface area contributed by atoms with Gasteiger partial charge in [0.1, 0.15) is 0 Å². The maximum atomic E-state index is 10.6. The van der Waals surface area contributed by atoms with Crippen LogP contribution in [0.5, 0.6) is 0 Å². The number of nitrogens with one attached hydrogen (secondary N) is 1. The van der Waals surface area contributed by atoms with E-state index in [0.717, 1.165) is 0 Å². The molecule has 11 heavy (non-hydrogen) atoms. The van der Waals surface area contributed by atoms with E-state index in [1.807, 2.05) is 0 Å². The molecule has 0 bridgehead atoms. The van der Waals surface area contributed by atoms with Crippen molar-refractivity contribution < 1.29 is 13.2 Å². The summed E-state index contributed by atoms with van der Waals surface area (Å²) >= 11 is 0. The minimum atomic E-state index is -3.62. The lowest BCUT2D eigenvalue weighted by Gasteiger charge is -2.20. The molecule has 0 radical (unpaired) electrons. The van der Waals surface area contributed by atoms with Gasteiger partial charge in [0.15, 0.2) is 0 Å². The Bertz CT molecular complexity index is 232. The molecule has 1 N–H and O–H groups in total. The summed E-state index contributed by atoms with van der Waals surface area (Å²) in [5.41, 5.74) is -0.513. The average Bonchev–Trinajstić information content (AvgIpc) is 2.09. The molecule has 0 aromatic heterocycles. The van der Waals surface area contributed by atoms with Gasteiger partial charge in [-0.1, -0.05) is 0 Å². The Balaban J connectivity index is 2.60. The predicted molar refractivity (Wildman–Crippen MR) is 41.7 cm³/mol. The maximum Gasteiger partial charge on any atom is 0.297 e. The van der Waals surface area contributed by atoms with E-state index in [1.54, 1.807) is 6.92 Å². The molecule has 0 aromatic carbocycles. The van der Waals surface area contributed by atoms with Gasteiger partial charge in [-0.2, -0.15) is 13.1 Å². The van der Waals surface area contributed by atoms with E-state index < -0.39 is 14.8 Å². The molecule has 0 aromatic rings. The van der Waals surface area contributed by atoms with E-state index in [-0.39, 0.29) is 0 Å². The van der Waals surface area contributed by atoms with Gasteiger partial charge in [-0.25, -0.2) is 0 Å². The van der Waals surface area contributed by atoms with Crippen molar-refractivity contribution in [2.24, 2.45) is 0 Å². The van der Waals surface area contributed by atoms with Crippen LogP contribution in [0.4, 0.5) is 0 Å². The fourth-order valence-electron chi connectivity index (χ4n) is 1.04.